The number of amides is 1. The van der Waals surface area contributed by atoms with Crippen LogP contribution < -0.4 is 5.32 Å². The minimum Gasteiger partial charge on any atom is -0.337 e. The highest BCUT2D eigenvalue weighted by Gasteiger charge is 2.29. The summed E-state index contributed by atoms with van der Waals surface area (Å²) < 4.78 is 2.67. The molecule has 3 rings (SSSR count). The molecule has 122 valence electrons. The van der Waals surface area contributed by atoms with E-state index in [0.717, 1.165) is 41.9 Å². The summed E-state index contributed by atoms with van der Waals surface area (Å²) >= 11 is 3.45. The van der Waals surface area contributed by atoms with Gasteiger partial charge in [0.25, 0.3) is 5.91 Å². The van der Waals surface area contributed by atoms with Crippen LogP contribution in [0.1, 0.15) is 22.6 Å². The van der Waals surface area contributed by atoms with Gasteiger partial charge >= 0.3 is 0 Å². The average molecular weight is 378 g/mol. The van der Waals surface area contributed by atoms with Crippen LogP contribution in [0.5, 0.6) is 0 Å². The van der Waals surface area contributed by atoms with E-state index in [4.69, 9.17) is 0 Å². The fourth-order valence-electron chi connectivity index (χ4n) is 3.00. The van der Waals surface area contributed by atoms with E-state index >= 15 is 0 Å². The number of nitrogens with zero attached hydrogens (tertiary/aromatic N) is 4. The maximum Gasteiger partial charge on any atom is 0.276 e. The first-order valence-corrected chi connectivity index (χ1v) is 8.51. The van der Waals surface area contributed by atoms with Gasteiger partial charge in [-0.15, -0.1) is 5.10 Å². The Morgan fingerprint density at radius 1 is 1.48 bits per heavy atom. The molecule has 1 aliphatic heterocycles. The van der Waals surface area contributed by atoms with Crippen molar-refractivity contribution < 1.29 is 4.79 Å². The fraction of sp³-hybridized carbons (Fsp3) is 0.438. The number of halogens is 1. The lowest BCUT2D eigenvalue weighted by Crippen LogP contribution is -2.31. The molecule has 1 aromatic heterocycles. The number of hydrogen-bond acceptors (Lipinski definition) is 4. The van der Waals surface area contributed by atoms with Crippen LogP contribution in [0.15, 0.2) is 28.7 Å². The smallest absolute Gasteiger partial charge is 0.276 e. The van der Waals surface area contributed by atoms with Crippen LogP contribution >= 0.6 is 15.9 Å². The molecule has 7 heteroatoms. The number of nitrogens with one attached hydrogen (secondary N) is 1. The van der Waals surface area contributed by atoms with E-state index in [1.807, 2.05) is 43.1 Å². The van der Waals surface area contributed by atoms with E-state index < -0.39 is 0 Å². The minimum atomic E-state index is -0.0256. The number of carbonyl (C=O) groups is 1. The van der Waals surface area contributed by atoms with Crippen molar-refractivity contribution in [2.45, 2.75) is 13.3 Å². The molecule has 1 atom stereocenters. The molecule has 0 unspecified atom stereocenters. The molecule has 1 fully saturated rings. The molecule has 0 aliphatic carbocycles. The van der Waals surface area contributed by atoms with Gasteiger partial charge in [0.05, 0.1) is 11.4 Å². The SMILES string of the molecule is CNC[C@H]1CCN(C(=O)c2nnn(-c3cccc(Br)c3)c2C)C1. The number of hydrogen-bond donors (Lipinski definition) is 1. The van der Waals surface area contributed by atoms with E-state index in [0.29, 0.717) is 11.6 Å². The van der Waals surface area contributed by atoms with Crippen molar-refractivity contribution in [1.29, 1.82) is 0 Å². The lowest BCUT2D eigenvalue weighted by molar-refractivity contribution is 0.0780. The van der Waals surface area contributed by atoms with Gasteiger partial charge in [0.2, 0.25) is 0 Å². The number of carbonyl (C=O) groups excluding carboxylic acids is 1. The van der Waals surface area contributed by atoms with Gasteiger partial charge in [-0.3, -0.25) is 4.79 Å². The molecule has 1 aliphatic rings. The second-order valence-corrected chi connectivity index (χ2v) is 6.79. The van der Waals surface area contributed by atoms with Gasteiger partial charge in [0, 0.05) is 17.6 Å². The van der Waals surface area contributed by atoms with Crippen molar-refractivity contribution in [2.24, 2.45) is 5.92 Å². The molecule has 0 bridgehead atoms. The summed E-state index contributed by atoms with van der Waals surface area (Å²) in [7, 11) is 1.94. The molecule has 1 N–H and O–H groups in total. The molecule has 1 amide bonds. The lowest BCUT2D eigenvalue weighted by atomic mass is 10.1. The third-order valence-corrected chi connectivity index (χ3v) is 4.71. The maximum absolute atomic E-state index is 12.7. The third kappa shape index (κ3) is 3.30. The molecule has 2 aromatic rings. The van der Waals surface area contributed by atoms with Gasteiger partial charge in [-0.25, -0.2) is 4.68 Å². The van der Waals surface area contributed by atoms with E-state index in [1.54, 1.807) is 4.68 Å². The van der Waals surface area contributed by atoms with Gasteiger partial charge in [-0.2, -0.15) is 0 Å². The summed E-state index contributed by atoms with van der Waals surface area (Å²) in [6.07, 6.45) is 1.03. The van der Waals surface area contributed by atoms with Crippen LogP contribution in [0.25, 0.3) is 5.69 Å². The van der Waals surface area contributed by atoms with Gasteiger partial charge in [-0.1, -0.05) is 27.2 Å². The molecule has 0 saturated carbocycles. The zero-order chi connectivity index (χ0) is 16.4. The normalized spacial score (nSPS) is 17.7. The summed E-state index contributed by atoms with van der Waals surface area (Å²) in [5.41, 5.74) is 2.10. The van der Waals surface area contributed by atoms with E-state index in [9.17, 15) is 4.79 Å². The first kappa shape index (κ1) is 16.1. The van der Waals surface area contributed by atoms with Crippen LogP contribution in [0.3, 0.4) is 0 Å². The molecule has 1 aromatic carbocycles. The predicted molar refractivity (Wildman–Crippen MR) is 91.7 cm³/mol. The summed E-state index contributed by atoms with van der Waals surface area (Å²) in [6, 6.07) is 7.78. The summed E-state index contributed by atoms with van der Waals surface area (Å²) in [5.74, 6) is 0.492. The van der Waals surface area contributed by atoms with Crippen molar-refractivity contribution >= 4 is 21.8 Å². The first-order valence-electron chi connectivity index (χ1n) is 7.72. The predicted octanol–water partition coefficient (Wildman–Crippen LogP) is 2.02. The summed E-state index contributed by atoms with van der Waals surface area (Å²) in [5, 5.41) is 11.5. The van der Waals surface area contributed by atoms with Crippen molar-refractivity contribution in [2.75, 3.05) is 26.7 Å². The standard InChI is InChI=1S/C16H20BrN5O/c1-11-15(16(23)21-7-6-12(10-21)9-18-2)19-20-22(11)14-5-3-4-13(17)8-14/h3-5,8,12,18H,6-7,9-10H2,1-2H3/t12-/m1/s1. The summed E-state index contributed by atoms with van der Waals surface area (Å²) in [4.78, 5) is 14.6. The molecule has 23 heavy (non-hydrogen) atoms. The van der Waals surface area contributed by atoms with Crippen LogP contribution in [0.2, 0.25) is 0 Å². The third-order valence-electron chi connectivity index (χ3n) is 4.22. The molecule has 0 spiro atoms. The van der Waals surface area contributed by atoms with Crippen molar-refractivity contribution in [3.63, 3.8) is 0 Å². The van der Waals surface area contributed by atoms with Crippen molar-refractivity contribution in [3.8, 4) is 5.69 Å². The minimum absolute atomic E-state index is 0.0256. The van der Waals surface area contributed by atoms with Gasteiger partial charge < -0.3 is 10.2 Å². The second-order valence-electron chi connectivity index (χ2n) is 5.88. The summed E-state index contributed by atoms with van der Waals surface area (Å²) in [6.45, 7) is 4.39. The Labute approximate surface area is 144 Å². The highest BCUT2D eigenvalue weighted by Crippen LogP contribution is 2.21. The number of benzene rings is 1. The molecular weight excluding hydrogens is 358 g/mol. The van der Waals surface area contributed by atoms with Gasteiger partial charge in [0.1, 0.15) is 0 Å². The Kier molecular flexibility index (Phi) is 4.77. The second kappa shape index (κ2) is 6.80. The average Bonchev–Trinajstić information content (AvgIpc) is 3.14. The lowest BCUT2D eigenvalue weighted by Gasteiger charge is -2.15. The fourth-order valence-corrected chi connectivity index (χ4v) is 3.39. The molecule has 2 heterocycles. The van der Waals surface area contributed by atoms with E-state index in [2.05, 4.69) is 31.6 Å². The quantitative estimate of drug-likeness (QED) is 0.884. The highest BCUT2D eigenvalue weighted by atomic mass is 79.9. The van der Waals surface area contributed by atoms with Crippen LogP contribution in [0, 0.1) is 12.8 Å². The van der Waals surface area contributed by atoms with Crippen LogP contribution in [-0.2, 0) is 0 Å². The van der Waals surface area contributed by atoms with Crippen LogP contribution in [0.4, 0.5) is 0 Å². The Balaban J connectivity index is 1.81. The Morgan fingerprint density at radius 3 is 3.04 bits per heavy atom. The van der Waals surface area contributed by atoms with Crippen LogP contribution in [-0.4, -0.2) is 52.5 Å². The zero-order valence-electron chi connectivity index (χ0n) is 13.3. The maximum atomic E-state index is 12.7. The molecule has 0 radical (unpaired) electrons. The highest BCUT2D eigenvalue weighted by molar-refractivity contribution is 9.10. The monoisotopic (exact) mass is 377 g/mol. The Bertz CT molecular complexity index is 714. The largest absolute Gasteiger partial charge is 0.337 e. The molecular formula is C16H20BrN5O. The molecule has 6 nitrogen and oxygen atoms in total. The Morgan fingerprint density at radius 2 is 2.30 bits per heavy atom. The first-order chi connectivity index (χ1) is 11.1. The zero-order valence-corrected chi connectivity index (χ0v) is 14.9. The Hall–Kier alpha value is -1.73. The number of likely N-dealkylation sites (tertiary alicyclic amines) is 1. The van der Waals surface area contributed by atoms with E-state index in [-0.39, 0.29) is 5.91 Å². The van der Waals surface area contributed by atoms with Crippen molar-refractivity contribution in [1.82, 2.24) is 25.2 Å². The number of aromatic nitrogens is 3. The molecule has 1 saturated heterocycles. The number of rotatable bonds is 4. The van der Waals surface area contributed by atoms with Crippen molar-refractivity contribution in [3.05, 3.63) is 40.1 Å². The van der Waals surface area contributed by atoms with Gasteiger partial charge in [0.15, 0.2) is 5.69 Å². The van der Waals surface area contributed by atoms with E-state index in [1.165, 1.54) is 0 Å². The topological polar surface area (TPSA) is 63.1 Å². The van der Waals surface area contributed by atoms with Gasteiger partial charge in [-0.05, 0) is 51.1 Å².